The Labute approximate surface area is 123 Å². The van der Waals surface area contributed by atoms with E-state index in [0.29, 0.717) is 35.6 Å². The number of ether oxygens (including phenoxy) is 1. The molecule has 20 heavy (non-hydrogen) atoms. The van der Waals surface area contributed by atoms with Gasteiger partial charge in [0.2, 0.25) is 5.88 Å². The molecule has 106 valence electrons. The van der Waals surface area contributed by atoms with E-state index in [1.54, 1.807) is 0 Å². The summed E-state index contributed by atoms with van der Waals surface area (Å²) in [4.78, 5) is 8.15. The van der Waals surface area contributed by atoms with E-state index in [1.165, 1.54) is 6.33 Å². The summed E-state index contributed by atoms with van der Waals surface area (Å²) in [6.07, 6.45) is 2.32. The number of nitrogens with zero attached hydrogens (tertiary/aromatic N) is 2. The molecule has 0 aliphatic rings. The van der Waals surface area contributed by atoms with Crippen molar-refractivity contribution in [3.05, 3.63) is 41.2 Å². The molecule has 0 atom stereocenters. The SMILES string of the molecule is CCCOc1ncnc(NCc2ccccc2Cl)c1N. The minimum absolute atomic E-state index is 0.406. The minimum atomic E-state index is 0.406. The third-order valence-electron chi connectivity index (χ3n) is 2.69. The topological polar surface area (TPSA) is 73.1 Å². The van der Waals surface area contributed by atoms with Crippen LogP contribution in [0.4, 0.5) is 11.5 Å². The Kier molecular flexibility index (Phi) is 5.01. The molecule has 0 spiro atoms. The highest BCUT2D eigenvalue weighted by atomic mass is 35.5. The van der Waals surface area contributed by atoms with Crippen LogP contribution in [-0.2, 0) is 6.54 Å². The Morgan fingerprint density at radius 2 is 2.10 bits per heavy atom. The second kappa shape index (κ2) is 6.96. The first-order valence-corrected chi connectivity index (χ1v) is 6.80. The highest BCUT2D eigenvalue weighted by molar-refractivity contribution is 6.31. The van der Waals surface area contributed by atoms with Crippen LogP contribution in [0, 0.1) is 0 Å². The minimum Gasteiger partial charge on any atom is -0.476 e. The van der Waals surface area contributed by atoms with Gasteiger partial charge in [0.1, 0.15) is 12.0 Å². The highest BCUT2D eigenvalue weighted by Crippen LogP contribution is 2.25. The van der Waals surface area contributed by atoms with E-state index in [1.807, 2.05) is 31.2 Å². The van der Waals surface area contributed by atoms with E-state index in [-0.39, 0.29) is 0 Å². The van der Waals surface area contributed by atoms with Gasteiger partial charge < -0.3 is 15.8 Å². The van der Waals surface area contributed by atoms with Crippen molar-refractivity contribution >= 4 is 23.1 Å². The van der Waals surface area contributed by atoms with E-state index in [2.05, 4.69) is 15.3 Å². The molecule has 0 amide bonds. The van der Waals surface area contributed by atoms with Gasteiger partial charge in [-0.1, -0.05) is 36.7 Å². The first-order valence-electron chi connectivity index (χ1n) is 6.43. The molecular formula is C14H17ClN4O. The molecule has 1 heterocycles. The van der Waals surface area contributed by atoms with Crippen LogP contribution in [0.15, 0.2) is 30.6 Å². The normalized spacial score (nSPS) is 10.3. The summed E-state index contributed by atoms with van der Waals surface area (Å²) >= 11 is 6.10. The molecule has 3 N–H and O–H groups in total. The number of halogens is 1. The molecule has 6 heteroatoms. The van der Waals surface area contributed by atoms with E-state index in [9.17, 15) is 0 Å². The fourth-order valence-corrected chi connectivity index (χ4v) is 1.86. The Morgan fingerprint density at radius 3 is 2.85 bits per heavy atom. The summed E-state index contributed by atoms with van der Waals surface area (Å²) in [5.74, 6) is 0.953. The summed E-state index contributed by atoms with van der Waals surface area (Å²) in [6.45, 7) is 3.13. The molecule has 2 aromatic rings. The Morgan fingerprint density at radius 1 is 1.30 bits per heavy atom. The summed E-state index contributed by atoms with van der Waals surface area (Å²) in [5, 5.41) is 3.85. The molecule has 0 saturated heterocycles. The lowest BCUT2D eigenvalue weighted by Gasteiger charge is -2.12. The Bertz CT molecular complexity index is 577. The zero-order valence-corrected chi connectivity index (χ0v) is 12.0. The van der Waals surface area contributed by atoms with Gasteiger partial charge in [0.15, 0.2) is 5.82 Å². The van der Waals surface area contributed by atoms with Crippen molar-refractivity contribution in [1.82, 2.24) is 9.97 Å². The zero-order valence-electron chi connectivity index (χ0n) is 11.3. The number of hydrogen-bond donors (Lipinski definition) is 2. The lowest BCUT2D eigenvalue weighted by Crippen LogP contribution is -2.08. The molecule has 0 aliphatic heterocycles. The van der Waals surface area contributed by atoms with Crippen molar-refractivity contribution in [3.8, 4) is 5.88 Å². The summed E-state index contributed by atoms with van der Waals surface area (Å²) < 4.78 is 5.46. The molecule has 5 nitrogen and oxygen atoms in total. The smallest absolute Gasteiger partial charge is 0.242 e. The molecule has 1 aromatic heterocycles. The number of nitrogens with two attached hydrogens (primary N) is 1. The average Bonchev–Trinajstić information content (AvgIpc) is 2.46. The average molecular weight is 293 g/mol. The monoisotopic (exact) mass is 292 g/mol. The van der Waals surface area contributed by atoms with Gasteiger partial charge in [-0.2, -0.15) is 4.98 Å². The Hall–Kier alpha value is -2.01. The maximum absolute atomic E-state index is 6.10. The largest absolute Gasteiger partial charge is 0.476 e. The van der Waals surface area contributed by atoms with Crippen molar-refractivity contribution in [3.63, 3.8) is 0 Å². The van der Waals surface area contributed by atoms with Crippen LogP contribution >= 0.6 is 11.6 Å². The molecule has 0 radical (unpaired) electrons. The van der Waals surface area contributed by atoms with Crippen LogP contribution in [0.3, 0.4) is 0 Å². The van der Waals surface area contributed by atoms with Crippen LogP contribution in [0.25, 0.3) is 0 Å². The number of hydrogen-bond acceptors (Lipinski definition) is 5. The molecule has 1 aromatic carbocycles. The van der Waals surface area contributed by atoms with E-state index in [0.717, 1.165) is 12.0 Å². The lowest BCUT2D eigenvalue weighted by molar-refractivity contribution is 0.306. The maximum Gasteiger partial charge on any atom is 0.242 e. The third-order valence-corrected chi connectivity index (χ3v) is 3.06. The highest BCUT2D eigenvalue weighted by Gasteiger charge is 2.09. The van der Waals surface area contributed by atoms with Gasteiger partial charge in [-0.05, 0) is 18.1 Å². The molecule has 2 rings (SSSR count). The quantitative estimate of drug-likeness (QED) is 0.856. The van der Waals surface area contributed by atoms with Crippen molar-refractivity contribution in [2.75, 3.05) is 17.7 Å². The van der Waals surface area contributed by atoms with Crippen molar-refractivity contribution < 1.29 is 4.74 Å². The van der Waals surface area contributed by atoms with Gasteiger partial charge in [-0.25, -0.2) is 4.98 Å². The Balaban J connectivity index is 2.08. The second-order valence-corrected chi connectivity index (χ2v) is 4.64. The predicted molar refractivity (Wildman–Crippen MR) is 81.0 cm³/mol. The number of anilines is 2. The number of aromatic nitrogens is 2. The van der Waals surface area contributed by atoms with Gasteiger partial charge in [-0.15, -0.1) is 0 Å². The lowest BCUT2D eigenvalue weighted by atomic mass is 10.2. The van der Waals surface area contributed by atoms with Crippen LogP contribution < -0.4 is 15.8 Å². The zero-order chi connectivity index (χ0) is 14.4. The fourth-order valence-electron chi connectivity index (χ4n) is 1.65. The van der Waals surface area contributed by atoms with E-state index >= 15 is 0 Å². The third kappa shape index (κ3) is 3.51. The van der Waals surface area contributed by atoms with Crippen LogP contribution in [0.2, 0.25) is 5.02 Å². The summed E-state index contributed by atoms with van der Waals surface area (Å²) in [6, 6.07) is 7.61. The number of nitrogen functional groups attached to an aromatic ring is 1. The van der Waals surface area contributed by atoms with Gasteiger partial charge in [-0.3, -0.25) is 0 Å². The first-order chi connectivity index (χ1) is 9.72. The number of rotatable bonds is 6. The van der Waals surface area contributed by atoms with Crippen LogP contribution in [0.5, 0.6) is 5.88 Å². The predicted octanol–water partition coefficient (Wildman–Crippen LogP) is 3.11. The van der Waals surface area contributed by atoms with Gasteiger partial charge >= 0.3 is 0 Å². The van der Waals surface area contributed by atoms with Crippen LogP contribution in [0.1, 0.15) is 18.9 Å². The van der Waals surface area contributed by atoms with Crippen molar-refractivity contribution in [2.24, 2.45) is 0 Å². The first kappa shape index (κ1) is 14.4. The van der Waals surface area contributed by atoms with Crippen molar-refractivity contribution in [2.45, 2.75) is 19.9 Å². The van der Waals surface area contributed by atoms with Gasteiger partial charge in [0, 0.05) is 11.6 Å². The molecule has 0 aliphatic carbocycles. The fraction of sp³-hybridized carbons (Fsp3) is 0.286. The van der Waals surface area contributed by atoms with Crippen molar-refractivity contribution in [1.29, 1.82) is 0 Å². The second-order valence-electron chi connectivity index (χ2n) is 4.23. The van der Waals surface area contributed by atoms with Gasteiger partial charge in [0.25, 0.3) is 0 Å². The van der Waals surface area contributed by atoms with E-state index < -0.39 is 0 Å². The molecular weight excluding hydrogens is 276 g/mol. The standard InChI is InChI=1S/C14H17ClN4O/c1-2-7-20-14-12(16)13(18-9-19-14)17-8-10-5-3-4-6-11(10)15/h3-6,9H,2,7-8,16H2,1H3,(H,17,18,19). The summed E-state index contributed by atoms with van der Waals surface area (Å²) in [5.41, 5.74) is 7.37. The maximum atomic E-state index is 6.10. The van der Waals surface area contributed by atoms with E-state index in [4.69, 9.17) is 22.1 Å². The number of benzene rings is 1. The molecule has 0 fully saturated rings. The van der Waals surface area contributed by atoms with Gasteiger partial charge in [0.05, 0.1) is 6.61 Å². The van der Waals surface area contributed by atoms with Crippen LogP contribution in [-0.4, -0.2) is 16.6 Å². The summed E-state index contributed by atoms with van der Waals surface area (Å²) in [7, 11) is 0. The molecule has 0 unspecified atom stereocenters. The molecule has 0 bridgehead atoms. The number of nitrogens with one attached hydrogen (secondary N) is 1. The molecule has 0 saturated carbocycles.